The van der Waals surface area contributed by atoms with Crippen molar-refractivity contribution in [3.05, 3.63) is 64.7 Å². The van der Waals surface area contributed by atoms with Crippen LogP contribution in [0, 0.1) is 0 Å². The first-order chi connectivity index (χ1) is 13.6. The molecule has 0 saturated carbocycles. The number of aryl methyl sites for hydroxylation is 1. The van der Waals surface area contributed by atoms with Crippen molar-refractivity contribution < 1.29 is 4.79 Å². The fraction of sp³-hybridized carbons (Fsp3) is 0.273. The number of fused-ring (bicyclic) bond motifs is 1. The summed E-state index contributed by atoms with van der Waals surface area (Å²) in [7, 11) is 0. The smallest absolute Gasteiger partial charge is 0.246 e. The summed E-state index contributed by atoms with van der Waals surface area (Å²) in [6.07, 6.45) is 4.51. The summed E-state index contributed by atoms with van der Waals surface area (Å²) in [5, 5.41) is 1.74. The molecule has 6 heteroatoms. The lowest BCUT2D eigenvalue weighted by Crippen LogP contribution is -2.48. The highest BCUT2D eigenvalue weighted by Crippen LogP contribution is 2.30. The number of hydrogen-bond acceptors (Lipinski definition) is 4. The van der Waals surface area contributed by atoms with Gasteiger partial charge in [-0.25, -0.2) is 4.98 Å². The number of carbonyl (C=O) groups is 1. The molecule has 0 N–H and O–H groups in total. The van der Waals surface area contributed by atoms with E-state index in [0.29, 0.717) is 18.1 Å². The summed E-state index contributed by atoms with van der Waals surface area (Å²) in [4.78, 5) is 21.4. The van der Waals surface area contributed by atoms with Crippen LogP contribution in [0.3, 0.4) is 0 Å². The van der Waals surface area contributed by atoms with E-state index in [4.69, 9.17) is 16.6 Å². The van der Waals surface area contributed by atoms with Crippen LogP contribution in [-0.4, -0.2) is 42.0 Å². The van der Waals surface area contributed by atoms with E-state index in [2.05, 4.69) is 30.0 Å². The Balaban J connectivity index is 1.37. The molecule has 4 rings (SSSR count). The maximum absolute atomic E-state index is 12.5. The highest BCUT2D eigenvalue weighted by molar-refractivity contribution is 7.22. The van der Waals surface area contributed by atoms with E-state index >= 15 is 0 Å². The maximum atomic E-state index is 12.5. The molecule has 1 fully saturated rings. The Morgan fingerprint density at radius 2 is 1.89 bits per heavy atom. The molecule has 2 aromatic carbocycles. The third-order valence-corrected chi connectivity index (χ3v) is 6.33. The second-order valence-electron chi connectivity index (χ2n) is 6.85. The molecule has 144 valence electrons. The van der Waals surface area contributed by atoms with Crippen molar-refractivity contribution in [3.8, 4) is 0 Å². The zero-order valence-corrected chi connectivity index (χ0v) is 17.3. The first kappa shape index (κ1) is 19.0. The molecule has 4 nitrogen and oxygen atoms in total. The van der Waals surface area contributed by atoms with Crippen molar-refractivity contribution in [3.63, 3.8) is 0 Å². The first-order valence-electron chi connectivity index (χ1n) is 9.49. The molecule has 0 aliphatic carbocycles. The molecule has 0 bridgehead atoms. The molecular weight excluding hydrogens is 390 g/mol. The van der Waals surface area contributed by atoms with Gasteiger partial charge in [0.2, 0.25) is 5.91 Å². The largest absolute Gasteiger partial charge is 0.345 e. The quantitative estimate of drug-likeness (QED) is 0.574. The topological polar surface area (TPSA) is 36.4 Å². The van der Waals surface area contributed by atoms with Crippen LogP contribution in [0.2, 0.25) is 5.02 Å². The Bertz CT molecular complexity index is 1000. The number of amides is 1. The fourth-order valence-electron chi connectivity index (χ4n) is 3.28. The third-order valence-electron chi connectivity index (χ3n) is 5.00. The summed E-state index contributed by atoms with van der Waals surface area (Å²) in [5.41, 5.74) is 3.37. The van der Waals surface area contributed by atoms with Gasteiger partial charge in [-0.3, -0.25) is 4.79 Å². The van der Waals surface area contributed by atoms with Crippen LogP contribution in [-0.2, 0) is 11.2 Å². The summed E-state index contributed by atoms with van der Waals surface area (Å²) < 4.78 is 1.23. The van der Waals surface area contributed by atoms with E-state index in [0.717, 1.165) is 35.7 Å². The number of rotatable bonds is 4. The van der Waals surface area contributed by atoms with Gasteiger partial charge in [0.25, 0.3) is 0 Å². The lowest BCUT2D eigenvalue weighted by molar-refractivity contribution is -0.126. The number of hydrogen-bond donors (Lipinski definition) is 0. The molecule has 0 radical (unpaired) electrons. The number of nitrogens with zero attached hydrogens (tertiary/aromatic N) is 3. The van der Waals surface area contributed by atoms with Crippen molar-refractivity contribution in [2.45, 2.75) is 13.3 Å². The minimum Gasteiger partial charge on any atom is -0.345 e. The molecule has 0 spiro atoms. The number of halogens is 1. The van der Waals surface area contributed by atoms with E-state index in [1.165, 1.54) is 10.3 Å². The Morgan fingerprint density at radius 1 is 1.14 bits per heavy atom. The average molecular weight is 412 g/mol. The van der Waals surface area contributed by atoms with Gasteiger partial charge in [-0.15, -0.1) is 0 Å². The minimum absolute atomic E-state index is 0.0477. The summed E-state index contributed by atoms with van der Waals surface area (Å²) >= 11 is 7.63. The summed E-state index contributed by atoms with van der Waals surface area (Å²) in [6, 6.07) is 13.9. The lowest BCUT2D eigenvalue weighted by atomic mass is 10.2. The molecule has 1 saturated heterocycles. The van der Waals surface area contributed by atoms with E-state index in [1.54, 1.807) is 17.4 Å². The van der Waals surface area contributed by atoms with E-state index in [9.17, 15) is 4.79 Å². The molecule has 1 aliphatic rings. The van der Waals surface area contributed by atoms with Crippen LogP contribution < -0.4 is 4.90 Å². The molecule has 2 heterocycles. The normalized spacial score (nSPS) is 14.9. The number of carbonyl (C=O) groups excluding carboxylic acids is 1. The first-order valence-corrected chi connectivity index (χ1v) is 10.7. The van der Waals surface area contributed by atoms with Crippen LogP contribution in [0.15, 0.2) is 48.5 Å². The molecule has 1 amide bonds. The van der Waals surface area contributed by atoms with Gasteiger partial charge in [-0.1, -0.05) is 48.1 Å². The second kappa shape index (κ2) is 8.33. The number of piperazine rings is 1. The molecule has 0 unspecified atom stereocenters. The van der Waals surface area contributed by atoms with Crippen LogP contribution in [0.4, 0.5) is 5.13 Å². The highest BCUT2D eigenvalue weighted by Gasteiger charge is 2.22. The van der Waals surface area contributed by atoms with Crippen molar-refractivity contribution in [2.24, 2.45) is 0 Å². The van der Waals surface area contributed by atoms with Gasteiger partial charge in [0.15, 0.2) is 5.13 Å². The minimum atomic E-state index is 0.0477. The Hall–Kier alpha value is -2.37. The Labute approximate surface area is 174 Å². The van der Waals surface area contributed by atoms with Gasteiger partial charge in [0, 0.05) is 37.3 Å². The van der Waals surface area contributed by atoms with E-state index in [-0.39, 0.29) is 5.91 Å². The molecule has 3 aromatic rings. The zero-order valence-electron chi connectivity index (χ0n) is 15.8. The second-order valence-corrected chi connectivity index (χ2v) is 8.29. The predicted octanol–water partition coefficient (Wildman–Crippen LogP) is 4.87. The fourth-order valence-corrected chi connectivity index (χ4v) is 4.48. The molecule has 1 aromatic heterocycles. The molecule has 0 atom stereocenters. The van der Waals surface area contributed by atoms with Crippen molar-refractivity contribution >= 4 is 50.3 Å². The monoisotopic (exact) mass is 411 g/mol. The standard InChI is InChI=1S/C22H22ClN3OS/c1-2-16-5-9-19-20(15-16)28-22(24-19)26-13-11-25(12-14-26)21(27)10-6-17-3-7-18(23)8-4-17/h3-10,15H,2,11-14H2,1H3/b10-6+. The van der Waals surface area contributed by atoms with Crippen molar-refractivity contribution in [1.29, 1.82) is 0 Å². The SMILES string of the molecule is CCc1ccc2nc(N3CCN(C(=O)/C=C/c4ccc(Cl)cc4)CC3)sc2c1. The Morgan fingerprint density at radius 3 is 2.61 bits per heavy atom. The lowest BCUT2D eigenvalue weighted by Gasteiger charge is -2.34. The highest BCUT2D eigenvalue weighted by atomic mass is 35.5. The summed E-state index contributed by atoms with van der Waals surface area (Å²) in [5.74, 6) is 0.0477. The van der Waals surface area contributed by atoms with Crippen molar-refractivity contribution in [2.75, 3.05) is 31.1 Å². The van der Waals surface area contributed by atoms with Gasteiger partial charge in [0.1, 0.15) is 0 Å². The number of anilines is 1. The van der Waals surface area contributed by atoms with Crippen LogP contribution in [0.25, 0.3) is 16.3 Å². The van der Waals surface area contributed by atoms with Gasteiger partial charge in [-0.2, -0.15) is 0 Å². The number of aromatic nitrogens is 1. The Kier molecular flexibility index (Phi) is 5.64. The number of benzene rings is 2. The third kappa shape index (κ3) is 4.21. The molecule has 1 aliphatic heterocycles. The average Bonchev–Trinajstić information content (AvgIpc) is 3.16. The van der Waals surface area contributed by atoms with Gasteiger partial charge >= 0.3 is 0 Å². The number of thiazole rings is 1. The maximum Gasteiger partial charge on any atom is 0.246 e. The van der Waals surface area contributed by atoms with Crippen LogP contribution in [0.5, 0.6) is 0 Å². The summed E-state index contributed by atoms with van der Waals surface area (Å²) in [6.45, 7) is 5.20. The van der Waals surface area contributed by atoms with Crippen LogP contribution >= 0.6 is 22.9 Å². The molecule has 28 heavy (non-hydrogen) atoms. The molecular formula is C22H22ClN3OS. The predicted molar refractivity (Wildman–Crippen MR) is 118 cm³/mol. The zero-order chi connectivity index (χ0) is 19.5. The van der Waals surface area contributed by atoms with Crippen LogP contribution in [0.1, 0.15) is 18.1 Å². The van der Waals surface area contributed by atoms with Gasteiger partial charge < -0.3 is 9.80 Å². The van der Waals surface area contributed by atoms with E-state index in [1.807, 2.05) is 35.2 Å². The van der Waals surface area contributed by atoms with E-state index < -0.39 is 0 Å². The van der Waals surface area contributed by atoms with Crippen molar-refractivity contribution in [1.82, 2.24) is 9.88 Å². The van der Waals surface area contributed by atoms with Gasteiger partial charge in [0.05, 0.1) is 10.2 Å². The van der Waals surface area contributed by atoms with Gasteiger partial charge in [-0.05, 0) is 47.9 Å².